The maximum atomic E-state index is 13.2. The van der Waals surface area contributed by atoms with Crippen LogP contribution in [-0.2, 0) is 16.1 Å². The number of hydrogen-bond donors (Lipinski definition) is 1. The molecule has 168 valence electrons. The molecule has 0 radical (unpaired) electrons. The normalized spacial score (nSPS) is 19.6. The summed E-state index contributed by atoms with van der Waals surface area (Å²) in [5.74, 6) is 0.722. The Morgan fingerprint density at radius 1 is 1.22 bits per heavy atom. The molecule has 4 rings (SSSR count). The van der Waals surface area contributed by atoms with Gasteiger partial charge in [-0.15, -0.1) is 0 Å². The van der Waals surface area contributed by atoms with E-state index in [-0.39, 0.29) is 17.7 Å². The Hall–Kier alpha value is -3.42. The summed E-state index contributed by atoms with van der Waals surface area (Å²) in [5, 5.41) is 2.94. The van der Waals surface area contributed by atoms with Crippen LogP contribution in [0.5, 0.6) is 0 Å². The van der Waals surface area contributed by atoms with Gasteiger partial charge in [-0.25, -0.2) is 4.98 Å². The summed E-state index contributed by atoms with van der Waals surface area (Å²) in [7, 11) is 3.84. The second kappa shape index (κ2) is 8.61. The quantitative estimate of drug-likeness (QED) is 0.722. The predicted molar refractivity (Wildman–Crippen MR) is 122 cm³/mol. The number of anilines is 2. The van der Waals surface area contributed by atoms with Crippen LogP contribution >= 0.6 is 0 Å². The van der Waals surface area contributed by atoms with Crippen molar-refractivity contribution in [2.24, 2.45) is 0 Å². The van der Waals surface area contributed by atoms with E-state index >= 15 is 0 Å². The Kier molecular flexibility index (Phi) is 5.86. The maximum Gasteiger partial charge on any atom is 0.257 e. The van der Waals surface area contributed by atoms with Crippen molar-refractivity contribution in [1.82, 2.24) is 15.2 Å². The molecule has 1 N–H and O–H groups in total. The third-order valence-corrected chi connectivity index (χ3v) is 6.29. The van der Waals surface area contributed by atoms with Crippen LogP contribution in [0.3, 0.4) is 0 Å². The van der Waals surface area contributed by atoms with E-state index in [1.54, 1.807) is 22.1 Å². The van der Waals surface area contributed by atoms with Crippen LogP contribution in [0.1, 0.15) is 48.5 Å². The Labute approximate surface area is 188 Å². The van der Waals surface area contributed by atoms with E-state index in [2.05, 4.69) is 10.3 Å². The number of para-hydroxylation sites is 1. The lowest BCUT2D eigenvalue weighted by molar-refractivity contribution is -0.121. The zero-order valence-electron chi connectivity index (χ0n) is 18.8. The van der Waals surface area contributed by atoms with E-state index in [1.807, 2.05) is 56.3 Å². The van der Waals surface area contributed by atoms with Crippen molar-refractivity contribution in [1.29, 1.82) is 0 Å². The minimum absolute atomic E-state index is 0.0321. The summed E-state index contributed by atoms with van der Waals surface area (Å²) in [4.78, 5) is 48.0. The van der Waals surface area contributed by atoms with E-state index < -0.39 is 5.66 Å². The molecule has 8 nitrogen and oxygen atoms in total. The van der Waals surface area contributed by atoms with Crippen molar-refractivity contribution in [3.8, 4) is 0 Å². The average molecular weight is 436 g/mol. The lowest BCUT2D eigenvalue weighted by Gasteiger charge is -2.48. The molecule has 2 aliphatic heterocycles. The molecule has 0 aliphatic carbocycles. The first-order chi connectivity index (χ1) is 15.3. The monoisotopic (exact) mass is 435 g/mol. The molecule has 1 unspecified atom stereocenters. The fourth-order valence-electron chi connectivity index (χ4n) is 4.54. The number of pyridine rings is 1. The van der Waals surface area contributed by atoms with Gasteiger partial charge in [0.15, 0.2) is 0 Å². The van der Waals surface area contributed by atoms with E-state index in [9.17, 15) is 14.4 Å². The summed E-state index contributed by atoms with van der Waals surface area (Å²) in [6, 6.07) is 11.1. The van der Waals surface area contributed by atoms with Gasteiger partial charge < -0.3 is 15.1 Å². The molecule has 2 aliphatic rings. The summed E-state index contributed by atoms with van der Waals surface area (Å²) < 4.78 is 0. The van der Waals surface area contributed by atoms with Crippen molar-refractivity contribution >= 4 is 29.2 Å². The molecule has 2 aromatic rings. The number of rotatable bonds is 7. The first-order valence-electron chi connectivity index (χ1n) is 10.9. The van der Waals surface area contributed by atoms with Gasteiger partial charge in [0.25, 0.3) is 5.91 Å². The van der Waals surface area contributed by atoms with Crippen molar-refractivity contribution in [3.05, 3.63) is 53.7 Å². The van der Waals surface area contributed by atoms with Gasteiger partial charge in [0, 0.05) is 46.2 Å². The van der Waals surface area contributed by atoms with E-state index in [0.29, 0.717) is 50.0 Å². The molecule has 3 heterocycles. The van der Waals surface area contributed by atoms with Crippen LogP contribution < -0.4 is 15.1 Å². The highest BCUT2D eigenvalue weighted by Crippen LogP contribution is 2.43. The van der Waals surface area contributed by atoms with Crippen molar-refractivity contribution in [2.45, 2.75) is 44.8 Å². The SMILES string of the molecule is CN(C)c1cc(CNC(=O)CCCN2C(=O)c3ccccc3N3C(=O)CCC23C)ccn1. The third-order valence-electron chi connectivity index (χ3n) is 6.29. The third kappa shape index (κ3) is 3.92. The number of aromatic nitrogens is 1. The number of fused-ring (bicyclic) bond motifs is 3. The molecule has 32 heavy (non-hydrogen) atoms. The van der Waals surface area contributed by atoms with E-state index in [1.165, 1.54) is 0 Å². The zero-order chi connectivity index (χ0) is 22.9. The Balaban J connectivity index is 1.37. The van der Waals surface area contributed by atoms with E-state index in [0.717, 1.165) is 11.4 Å². The summed E-state index contributed by atoms with van der Waals surface area (Å²) >= 11 is 0. The predicted octanol–water partition coefficient (Wildman–Crippen LogP) is 2.54. The first kappa shape index (κ1) is 21.8. The molecular formula is C24H29N5O3. The molecule has 3 amide bonds. The number of nitrogens with zero attached hydrogens (tertiary/aromatic N) is 4. The lowest BCUT2D eigenvalue weighted by Crippen LogP contribution is -2.62. The molecular weight excluding hydrogens is 406 g/mol. The molecule has 0 bridgehead atoms. The Bertz CT molecular complexity index is 1050. The smallest absolute Gasteiger partial charge is 0.257 e. The molecule has 1 aromatic heterocycles. The summed E-state index contributed by atoms with van der Waals surface area (Å²) in [5.41, 5.74) is 1.52. The van der Waals surface area contributed by atoms with Gasteiger partial charge in [-0.3, -0.25) is 19.3 Å². The topological polar surface area (TPSA) is 85.9 Å². The lowest BCUT2D eigenvalue weighted by atomic mass is 9.98. The highest BCUT2D eigenvalue weighted by Gasteiger charge is 2.52. The molecule has 1 fully saturated rings. The van der Waals surface area contributed by atoms with Gasteiger partial charge in [-0.2, -0.15) is 0 Å². The number of carbonyl (C=O) groups excluding carboxylic acids is 3. The number of amides is 3. The Morgan fingerprint density at radius 3 is 2.78 bits per heavy atom. The molecule has 0 spiro atoms. The number of hydrogen-bond acceptors (Lipinski definition) is 5. The number of carbonyl (C=O) groups is 3. The van der Waals surface area contributed by atoms with Crippen LogP contribution in [-0.4, -0.2) is 53.9 Å². The van der Waals surface area contributed by atoms with Gasteiger partial charge in [0.1, 0.15) is 11.5 Å². The minimum Gasteiger partial charge on any atom is -0.363 e. The fourth-order valence-corrected chi connectivity index (χ4v) is 4.54. The average Bonchev–Trinajstić information content (AvgIpc) is 3.10. The van der Waals surface area contributed by atoms with Crippen LogP contribution in [0.2, 0.25) is 0 Å². The summed E-state index contributed by atoms with van der Waals surface area (Å²) in [6.45, 7) is 2.79. The molecule has 1 aromatic carbocycles. The van der Waals surface area contributed by atoms with Crippen LogP contribution in [0.25, 0.3) is 0 Å². The molecule has 8 heteroatoms. The standard InChI is InChI=1S/C24H29N5O3/c1-24-12-10-22(31)29(24)19-8-5-4-7-18(19)23(32)28(24)14-6-9-21(30)26-16-17-11-13-25-20(15-17)27(2)3/h4-5,7-8,11,13,15H,6,9-10,12,14,16H2,1-3H3,(H,26,30). The van der Waals surface area contributed by atoms with E-state index in [4.69, 9.17) is 0 Å². The van der Waals surface area contributed by atoms with Gasteiger partial charge in [0.05, 0.1) is 11.3 Å². The van der Waals surface area contributed by atoms with Crippen LogP contribution in [0, 0.1) is 0 Å². The number of nitrogens with one attached hydrogen (secondary N) is 1. The molecule has 0 saturated carbocycles. The van der Waals surface area contributed by atoms with Crippen LogP contribution in [0.15, 0.2) is 42.6 Å². The first-order valence-corrected chi connectivity index (χ1v) is 10.9. The second-order valence-electron chi connectivity index (χ2n) is 8.72. The zero-order valence-corrected chi connectivity index (χ0v) is 18.8. The molecule has 1 atom stereocenters. The Morgan fingerprint density at radius 2 is 2.00 bits per heavy atom. The fraction of sp³-hybridized carbons (Fsp3) is 0.417. The van der Waals surface area contributed by atoms with Crippen molar-refractivity contribution in [3.63, 3.8) is 0 Å². The number of benzene rings is 1. The second-order valence-corrected chi connectivity index (χ2v) is 8.72. The van der Waals surface area contributed by atoms with Gasteiger partial charge >= 0.3 is 0 Å². The van der Waals surface area contributed by atoms with Gasteiger partial charge in [0.2, 0.25) is 11.8 Å². The highest BCUT2D eigenvalue weighted by atomic mass is 16.2. The highest BCUT2D eigenvalue weighted by molar-refractivity contribution is 6.10. The summed E-state index contributed by atoms with van der Waals surface area (Å²) in [6.07, 6.45) is 3.56. The molecule has 1 saturated heterocycles. The van der Waals surface area contributed by atoms with Gasteiger partial charge in [-0.1, -0.05) is 12.1 Å². The van der Waals surface area contributed by atoms with Gasteiger partial charge in [-0.05, 0) is 49.6 Å². The minimum atomic E-state index is -0.682. The largest absolute Gasteiger partial charge is 0.363 e. The van der Waals surface area contributed by atoms with Crippen LogP contribution in [0.4, 0.5) is 11.5 Å². The maximum absolute atomic E-state index is 13.2. The van der Waals surface area contributed by atoms with Crippen molar-refractivity contribution < 1.29 is 14.4 Å². The van der Waals surface area contributed by atoms with Crippen molar-refractivity contribution in [2.75, 3.05) is 30.4 Å².